The molecule has 0 unspecified atom stereocenters. The third kappa shape index (κ3) is 4.01. The average molecular weight is 292 g/mol. The normalized spacial score (nSPS) is 9.73. The lowest BCUT2D eigenvalue weighted by Gasteiger charge is -2.02. The van der Waals surface area contributed by atoms with Crippen LogP contribution in [0.3, 0.4) is 0 Å². The molecule has 15 heavy (non-hydrogen) atoms. The number of carbonyl (C=O) groups is 2. The third-order valence-corrected chi connectivity index (χ3v) is 3.03. The molecule has 1 rings (SSSR count). The van der Waals surface area contributed by atoms with Gasteiger partial charge in [0, 0.05) is 5.38 Å². The summed E-state index contributed by atoms with van der Waals surface area (Å²) in [5, 5.41) is 4.18. The molecule has 0 aliphatic heterocycles. The Kier molecular flexibility index (Phi) is 4.77. The van der Waals surface area contributed by atoms with Gasteiger partial charge in [-0.05, 0) is 28.9 Å². The molecule has 1 aromatic heterocycles. The van der Waals surface area contributed by atoms with Crippen LogP contribution in [0.2, 0.25) is 0 Å². The topological polar surface area (TPSA) is 55.4 Å². The highest BCUT2D eigenvalue weighted by Crippen LogP contribution is 2.20. The smallest absolute Gasteiger partial charge is 0.325 e. The zero-order valence-corrected chi connectivity index (χ0v) is 10.5. The number of nitrogens with one attached hydrogen (secondary N) is 1. The summed E-state index contributed by atoms with van der Waals surface area (Å²) in [7, 11) is 0. The summed E-state index contributed by atoms with van der Waals surface area (Å²) in [5.41, 5.74) is 0.538. The van der Waals surface area contributed by atoms with E-state index in [-0.39, 0.29) is 12.5 Å². The molecule has 0 saturated carbocycles. The minimum atomic E-state index is -0.430. The fourth-order valence-electron chi connectivity index (χ4n) is 0.896. The first-order valence-electron chi connectivity index (χ1n) is 4.31. The molecule has 82 valence electrons. The van der Waals surface area contributed by atoms with Gasteiger partial charge >= 0.3 is 5.97 Å². The highest BCUT2D eigenvalue weighted by atomic mass is 79.9. The summed E-state index contributed by atoms with van der Waals surface area (Å²) in [6.07, 6.45) is 0. The quantitative estimate of drug-likeness (QED) is 0.861. The predicted molar refractivity (Wildman–Crippen MR) is 61.0 cm³/mol. The maximum atomic E-state index is 11.4. The van der Waals surface area contributed by atoms with Crippen LogP contribution in [0.15, 0.2) is 15.2 Å². The molecule has 0 aromatic carbocycles. The Labute approximate surface area is 99.8 Å². The van der Waals surface area contributed by atoms with Gasteiger partial charge in [0.05, 0.1) is 16.0 Å². The zero-order valence-electron chi connectivity index (χ0n) is 8.08. The van der Waals surface area contributed by atoms with Crippen molar-refractivity contribution in [1.82, 2.24) is 5.32 Å². The molecule has 0 bridgehead atoms. The summed E-state index contributed by atoms with van der Waals surface area (Å²) in [4.78, 5) is 22.4. The van der Waals surface area contributed by atoms with Gasteiger partial charge in [-0.1, -0.05) is 0 Å². The van der Waals surface area contributed by atoms with E-state index >= 15 is 0 Å². The monoisotopic (exact) mass is 291 g/mol. The van der Waals surface area contributed by atoms with Crippen molar-refractivity contribution >= 4 is 39.1 Å². The maximum Gasteiger partial charge on any atom is 0.325 e. The van der Waals surface area contributed by atoms with Crippen LogP contribution >= 0.6 is 27.3 Å². The Morgan fingerprint density at radius 2 is 2.33 bits per heavy atom. The first kappa shape index (κ1) is 12.2. The second kappa shape index (κ2) is 5.87. The minimum Gasteiger partial charge on any atom is -0.465 e. The Bertz CT molecular complexity index is 364. The average Bonchev–Trinajstić information content (AvgIpc) is 2.62. The zero-order chi connectivity index (χ0) is 11.3. The van der Waals surface area contributed by atoms with Crippen LogP contribution in [0, 0.1) is 0 Å². The number of halogens is 1. The van der Waals surface area contributed by atoms with Gasteiger partial charge in [0.2, 0.25) is 0 Å². The number of carbonyl (C=O) groups excluding carboxylic acids is 2. The lowest BCUT2D eigenvalue weighted by molar-refractivity contribution is -0.141. The van der Waals surface area contributed by atoms with Crippen LogP contribution < -0.4 is 5.32 Å². The Balaban J connectivity index is 2.40. The Morgan fingerprint density at radius 1 is 1.60 bits per heavy atom. The second-order valence-electron chi connectivity index (χ2n) is 2.63. The van der Waals surface area contributed by atoms with Gasteiger partial charge in [-0.25, -0.2) is 0 Å². The van der Waals surface area contributed by atoms with Crippen molar-refractivity contribution in [1.29, 1.82) is 0 Å². The van der Waals surface area contributed by atoms with Crippen LogP contribution in [0.25, 0.3) is 0 Å². The van der Waals surface area contributed by atoms with Crippen molar-refractivity contribution in [3.8, 4) is 0 Å². The van der Waals surface area contributed by atoms with E-state index in [1.165, 1.54) is 11.3 Å². The third-order valence-electron chi connectivity index (χ3n) is 1.53. The summed E-state index contributed by atoms with van der Waals surface area (Å²) < 4.78 is 5.55. The molecular weight excluding hydrogens is 282 g/mol. The van der Waals surface area contributed by atoms with E-state index < -0.39 is 5.97 Å². The van der Waals surface area contributed by atoms with Crippen molar-refractivity contribution in [2.45, 2.75) is 6.92 Å². The van der Waals surface area contributed by atoms with Crippen molar-refractivity contribution in [2.75, 3.05) is 13.2 Å². The number of rotatable bonds is 4. The molecule has 1 N–H and O–H groups in total. The van der Waals surface area contributed by atoms with Gasteiger partial charge in [-0.3, -0.25) is 9.59 Å². The van der Waals surface area contributed by atoms with Gasteiger partial charge in [0.15, 0.2) is 0 Å². The second-order valence-corrected chi connectivity index (χ2v) is 4.92. The van der Waals surface area contributed by atoms with Crippen LogP contribution in [-0.2, 0) is 9.53 Å². The maximum absolute atomic E-state index is 11.4. The van der Waals surface area contributed by atoms with Crippen LogP contribution in [0.4, 0.5) is 0 Å². The molecule has 4 nitrogen and oxygen atoms in total. The molecule has 0 fully saturated rings. The SMILES string of the molecule is CCOC(=O)CNC(=O)c1csc(Br)c1. The summed E-state index contributed by atoms with van der Waals surface area (Å²) in [5.74, 6) is -0.704. The van der Waals surface area contributed by atoms with Gasteiger partial charge in [-0.15, -0.1) is 11.3 Å². The van der Waals surface area contributed by atoms with Crippen LogP contribution in [-0.4, -0.2) is 25.0 Å². The first-order valence-corrected chi connectivity index (χ1v) is 5.98. The summed E-state index contributed by atoms with van der Waals surface area (Å²) in [6, 6.07) is 1.70. The van der Waals surface area contributed by atoms with E-state index in [2.05, 4.69) is 26.0 Å². The van der Waals surface area contributed by atoms with Crippen LogP contribution in [0.1, 0.15) is 17.3 Å². The number of esters is 1. The van der Waals surface area contributed by atoms with E-state index in [0.717, 1.165) is 3.79 Å². The minimum absolute atomic E-state index is 0.0971. The van der Waals surface area contributed by atoms with E-state index in [1.54, 1.807) is 18.4 Å². The lowest BCUT2D eigenvalue weighted by Crippen LogP contribution is -2.30. The largest absolute Gasteiger partial charge is 0.465 e. The van der Waals surface area contributed by atoms with Gasteiger partial charge in [0.25, 0.3) is 5.91 Å². The van der Waals surface area contributed by atoms with Gasteiger partial charge < -0.3 is 10.1 Å². The van der Waals surface area contributed by atoms with Crippen LogP contribution in [0.5, 0.6) is 0 Å². The molecule has 0 atom stereocenters. The van der Waals surface area contributed by atoms with E-state index in [0.29, 0.717) is 12.2 Å². The number of ether oxygens (including phenoxy) is 1. The number of hydrogen-bond acceptors (Lipinski definition) is 4. The molecule has 0 spiro atoms. The summed E-state index contributed by atoms with van der Waals surface area (Å²) >= 11 is 4.67. The number of thiophene rings is 1. The first-order chi connectivity index (χ1) is 7.13. The Hall–Kier alpha value is -0.880. The van der Waals surface area contributed by atoms with Crippen molar-refractivity contribution in [3.63, 3.8) is 0 Å². The molecule has 6 heteroatoms. The number of amides is 1. The fraction of sp³-hybridized carbons (Fsp3) is 0.333. The van der Waals surface area contributed by atoms with Crippen molar-refractivity contribution in [2.24, 2.45) is 0 Å². The highest BCUT2D eigenvalue weighted by Gasteiger charge is 2.09. The molecule has 1 heterocycles. The molecule has 1 aromatic rings. The number of hydrogen-bond donors (Lipinski definition) is 1. The molecule has 0 saturated heterocycles. The molecule has 0 aliphatic rings. The predicted octanol–water partition coefficient (Wildman–Crippen LogP) is 1.80. The summed E-state index contributed by atoms with van der Waals surface area (Å²) in [6.45, 7) is 1.94. The lowest BCUT2D eigenvalue weighted by atomic mass is 10.3. The van der Waals surface area contributed by atoms with E-state index in [1.807, 2.05) is 0 Å². The molecule has 0 radical (unpaired) electrons. The van der Waals surface area contributed by atoms with Gasteiger partial charge in [0.1, 0.15) is 6.54 Å². The van der Waals surface area contributed by atoms with Gasteiger partial charge in [-0.2, -0.15) is 0 Å². The van der Waals surface area contributed by atoms with E-state index in [4.69, 9.17) is 0 Å². The van der Waals surface area contributed by atoms with E-state index in [9.17, 15) is 9.59 Å². The highest BCUT2D eigenvalue weighted by molar-refractivity contribution is 9.11. The van der Waals surface area contributed by atoms with Crippen molar-refractivity contribution < 1.29 is 14.3 Å². The Morgan fingerprint density at radius 3 is 2.87 bits per heavy atom. The fourth-order valence-corrected chi connectivity index (χ4v) is 2.03. The molecule has 1 amide bonds. The van der Waals surface area contributed by atoms with Crippen molar-refractivity contribution in [3.05, 3.63) is 20.8 Å². The molecule has 0 aliphatic carbocycles. The molecular formula is C9H10BrNO3S. The standard InChI is InChI=1S/C9H10BrNO3S/c1-2-14-8(12)4-11-9(13)6-3-7(10)15-5-6/h3,5H,2,4H2,1H3,(H,11,13).